The van der Waals surface area contributed by atoms with Crippen molar-refractivity contribution in [1.29, 1.82) is 0 Å². The average molecular weight is 426 g/mol. The number of hydrogen-bond acceptors (Lipinski definition) is 4. The molecular formula is C23H27N3O3S. The normalized spacial score (nSPS) is 18.6. The van der Waals surface area contributed by atoms with E-state index in [1.54, 1.807) is 12.1 Å². The second-order valence-electron chi connectivity index (χ2n) is 8.23. The molecule has 2 aromatic rings. The number of fused-ring (bicyclic) bond motifs is 3. The molecule has 0 bridgehead atoms. The third kappa shape index (κ3) is 3.99. The maximum absolute atomic E-state index is 13.0. The Morgan fingerprint density at radius 3 is 2.57 bits per heavy atom. The fourth-order valence-electron chi connectivity index (χ4n) is 4.14. The molecule has 1 amide bonds. The minimum atomic E-state index is -3.82. The number of sulfonamides is 1. The summed E-state index contributed by atoms with van der Waals surface area (Å²) < 4.78 is 29.7. The summed E-state index contributed by atoms with van der Waals surface area (Å²) in [7, 11) is -3.82. The fraction of sp³-hybridized carbons (Fsp3) is 0.391. The summed E-state index contributed by atoms with van der Waals surface area (Å²) in [5.41, 5.74) is 1.97. The van der Waals surface area contributed by atoms with Gasteiger partial charge in [-0.1, -0.05) is 50.6 Å². The lowest BCUT2D eigenvalue weighted by molar-refractivity contribution is 0.0925. The van der Waals surface area contributed by atoms with Crippen molar-refractivity contribution < 1.29 is 13.2 Å². The van der Waals surface area contributed by atoms with Crippen LogP contribution in [-0.2, 0) is 10.0 Å². The van der Waals surface area contributed by atoms with E-state index in [0.29, 0.717) is 23.5 Å². The topological polar surface area (TPSA) is 78.8 Å². The van der Waals surface area contributed by atoms with Gasteiger partial charge in [-0.15, -0.1) is 4.40 Å². The molecule has 30 heavy (non-hydrogen) atoms. The van der Waals surface area contributed by atoms with E-state index < -0.39 is 10.0 Å². The first kappa shape index (κ1) is 20.6. The molecule has 0 spiro atoms. The summed E-state index contributed by atoms with van der Waals surface area (Å²) >= 11 is 0. The van der Waals surface area contributed by atoms with Crippen LogP contribution >= 0.6 is 0 Å². The summed E-state index contributed by atoms with van der Waals surface area (Å²) in [4.78, 5) is 15.1. The molecule has 7 heteroatoms. The maximum atomic E-state index is 13.0. The summed E-state index contributed by atoms with van der Waals surface area (Å²) in [5.74, 6) is 0.504. The lowest BCUT2D eigenvalue weighted by Crippen LogP contribution is -2.36. The average Bonchev–Trinajstić information content (AvgIpc) is 2.97. The molecular weight excluding hydrogens is 398 g/mol. The van der Waals surface area contributed by atoms with Crippen molar-refractivity contribution in [1.82, 2.24) is 5.32 Å². The van der Waals surface area contributed by atoms with Crippen molar-refractivity contribution in [3.63, 3.8) is 0 Å². The number of amidine groups is 1. The monoisotopic (exact) mass is 425 g/mol. The Morgan fingerprint density at radius 1 is 1.07 bits per heavy atom. The Labute approximate surface area is 178 Å². The molecule has 0 aliphatic carbocycles. The first-order valence-electron chi connectivity index (χ1n) is 10.5. The van der Waals surface area contributed by atoms with E-state index in [9.17, 15) is 13.2 Å². The Bertz CT molecular complexity index is 1080. The van der Waals surface area contributed by atoms with Gasteiger partial charge in [0.1, 0.15) is 10.7 Å². The first-order valence-corrected chi connectivity index (χ1v) is 11.9. The zero-order chi connectivity index (χ0) is 21.3. The van der Waals surface area contributed by atoms with E-state index >= 15 is 0 Å². The van der Waals surface area contributed by atoms with Crippen LogP contribution in [0.1, 0.15) is 61.5 Å². The Balaban J connectivity index is 1.65. The number of carbonyl (C=O) groups excluding carboxylic acids is 1. The molecule has 0 aromatic heterocycles. The lowest BCUT2D eigenvalue weighted by Gasteiger charge is -2.30. The highest BCUT2D eigenvalue weighted by Gasteiger charge is 2.32. The first-order chi connectivity index (χ1) is 14.4. The second kappa shape index (κ2) is 8.22. The van der Waals surface area contributed by atoms with Crippen LogP contribution in [0.3, 0.4) is 0 Å². The minimum Gasteiger partial charge on any atom is -0.345 e. The van der Waals surface area contributed by atoms with E-state index in [-0.39, 0.29) is 22.8 Å². The van der Waals surface area contributed by atoms with Gasteiger partial charge in [0.25, 0.3) is 15.9 Å². The molecule has 2 aliphatic rings. The van der Waals surface area contributed by atoms with Crippen molar-refractivity contribution >= 4 is 27.5 Å². The number of hydrogen-bond donors (Lipinski definition) is 1. The molecule has 1 fully saturated rings. The predicted molar refractivity (Wildman–Crippen MR) is 118 cm³/mol. The number of benzene rings is 2. The van der Waals surface area contributed by atoms with Gasteiger partial charge in [-0.05, 0) is 42.5 Å². The van der Waals surface area contributed by atoms with E-state index in [2.05, 4.69) is 9.71 Å². The van der Waals surface area contributed by atoms with Gasteiger partial charge in [0.2, 0.25) is 0 Å². The molecule has 1 saturated heterocycles. The highest BCUT2D eigenvalue weighted by molar-refractivity contribution is 7.90. The molecule has 0 saturated carbocycles. The molecule has 0 radical (unpaired) electrons. The van der Waals surface area contributed by atoms with Crippen molar-refractivity contribution in [2.75, 3.05) is 11.4 Å². The number of nitrogens with zero attached hydrogens (tertiary/aromatic N) is 2. The van der Waals surface area contributed by atoms with Gasteiger partial charge in [-0.25, -0.2) is 0 Å². The van der Waals surface area contributed by atoms with Crippen LogP contribution in [0, 0.1) is 5.92 Å². The molecule has 0 unspecified atom stereocenters. The largest absolute Gasteiger partial charge is 0.345 e. The van der Waals surface area contributed by atoms with Crippen LogP contribution in [0.4, 0.5) is 5.69 Å². The predicted octanol–water partition coefficient (Wildman–Crippen LogP) is 4.29. The van der Waals surface area contributed by atoms with E-state index in [1.165, 1.54) is 6.07 Å². The SMILES string of the molecule is CC(C)[C@@H](NC(=O)c1ccc2c(c1)S(=O)(=O)N=C1CCCCCN12)c1ccccc1. The summed E-state index contributed by atoms with van der Waals surface area (Å²) in [6, 6.07) is 14.5. The molecule has 1 N–H and O–H groups in total. The van der Waals surface area contributed by atoms with Crippen molar-refractivity contribution in [2.45, 2.75) is 50.5 Å². The van der Waals surface area contributed by atoms with Crippen LogP contribution in [0.2, 0.25) is 0 Å². The fourth-order valence-corrected chi connectivity index (χ4v) is 5.43. The van der Waals surface area contributed by atoms with Gasteiger partial charge in [0, 0.05) is 18.5 Å². The highest BCUT2D eigenvalue weighted by atomic mass is 32.2. The Hall–Kier alpha value is -2.67. The standard InChI is InChI=1S/C23H27N3O3S/c1-16(2)22(17-9-5-3-6-10-17)24-23(27)18-12-13-19-20(15-18)30(28,29)25-21-11-7-4-8-14-26(19)21/h3,5-6,9-10,12-13,15-16,22H,4,7-8,11,14H2,1-2H3,(H,24,27)/t22-/m1/s1. The van der Waals surface area contributed by atoms with Crippen molar-refractivity contribution in [3.05, 3.63) is 59.7 Å². The van der Waals surface area contributed by atoms with Gasteiger partial charge in [0.05, 0.1) is 11.7 Å². The third-order valence-corrected chi connectivity index (χ3v) is 7.06. The van der Waals surface area contributed by atoms with Crippen molar-refractivity contribution in [3.8, 4) is 0 Å². The molecule has 1 atom stereocenters. The van der Waals surface area contributed by atoms with Gasteiger partial charge in [0.15, 0.2) is 0 Å². The van der Waals surface area contributed by atoms with Gasteiger partial charge >= 0.3 is 0 Å². The number of rotatable bonds is 4. The number of carbonyl (C=O) groups is 1. The van der Waals surface area contributed by atoms with Gasteiger partial charge in [-0.2, -0.15) is 8.42 Å². The third-order valence-electron chi connectivity index (χ3n) is 5.72. The minimum absolute atomic E-state index is 0.113. The van der Waals surface area contributed by atoms with Gasteiger partial charge < -0.3 is 10.2 Å². The Morgan fingerprint density at radius 2 is 1.83 bits per heavy atom. The molecule has 2 aromatic carbocycles. The van der Waals surface area contributed by atoms with Crippen LogP contribution in [-0.4, -0.2) is 26.7 Å². The van der Waals surface area contributed by atoms with E-state index in [0.717, 1.165) is 31.4 Å². The highest BCUT2D eigenvalue weighted by Crippen LogP contribution is 2.35. The molecule has 2 heterocycles. The molecule has 158 valence electrons. The quantitative estimate of drug-likeness (QED) is 0.792. The smallest absolute Gasteiger partial charge is 0.286 e. The zero-order valence-corrected chi connectivity index (χ0v) is 18.2. The van der Waals surface area contributed by atoms with E-state index in [1.807, 2.05) is 49.1 Å². The van der Waals surface area contributed by atoms with Gasteiger partial charge in [-0.3, -0.25) is 4.79 Å². The summed E-state index contributed by atoms with van der Waals surface area (Å²) in [5, 5.41) is 3.07. The number of anilines is 1. The zero-order valence-electron chi connectivity index (χ0n) is 17.3. The number of nitrogens with one attached hydrogen (secondary N) is 1. The molecule has 2 aliphatic heterocycles. The molecule has 4 rings (SSSR count). The molecule has 6 nitrogen and oxygen atoms in total. The van der Waals surface area contributed by atoms with E-state index in [4.69, 9.17) is 0 Å². The van der Waals surface area contributed by atoms with Crippen LogP contribution in [0.5, 0.6) is 0 Å². The van der Waals surface area contributed by atoms with Crippen LogP contribution in [0.15, 0.2) is 57.8 Å². The second-order valence-corrected chi connectivity index (χ2v) is 9.81. The summed E-state index contributed by atoms with van der Waals surface area (Å²) in [6.45, 7) is 4.84. The summed E-state index contributed by atoms with van der Waals surface area (Å²) in [6.07, 6.45) is 3.65. The van der Waals surface area contributed by atoms with Crippen LogP contribution in [0.25, 0.3) is 0 Å². The number of amides is 1. The lowest BCUT2D eigenvalue weighted by atomic mass is 9.95. The van der Waals surface area contributed by atoms with Crippen LogP contribution < -0.4 is 10.2 Å². The van der Waals surface area contributed by atoms with Crippen molar-refractivity contribution in [2.24, 2.45) is 10.3 Å². The maximum Gasteiger partial charge on any atom is 0.286 e. The Kier molecular flexibility index (Phi) is 5.64.